The van der Waals surface area contributed by atoms with Gasteiger partial charge in [-0.2, -0.15) is 0 Å². The summed E-state index contributed by atoms with van der Waals surface area (Å²) in [5, 5.41) is 3.58. The molecular weight excluding hydrogens is 212 g/mol. The molecule has 1 atom stereocenters. The third-order valence-corrected chi connectivity index (χ3v) is 3.41. The standard InChI is InChI=1S/C13H24N4/c1-2-7-16(11-13-4-3-5-15-13)9-10-17-8-6-14-12-17/h6,8,12-13,15H,2-5,7,9-11H2,1H3. The van der Waals surface area contributed by atoms with Gasteiger partial charge in [-0.05, 0) is 32.4 Å². The second-order valence-electron chi connectivity index (χ2n) is 4.89. The average Bonchev–Trinajstić information content (AvgIpc) is 2.99. The highest BCUT2D eigenvalue weighted by molar-refractivity contribution is 4.79. The van der Waals surface area contributed by atoms with E-state index in [1.807, 2.05) is 18.7 Å². The van der Waals surface area contributed by atoms with Gasteiger partial charge in [-0.3, -0.25) is 0 Å². The number of hydrogen-bond donors (Lipinski definition) is 1. The molecular formula is C13H24N4. The van der Waals surface area contributed by atoms with Crippen molar-refractivity contribution in [2.45, 2.75) is 38.8 Å². The highest BCUT2D eigenvalue weighted by Crippen LogP contribution is 2.07. The molecule has 1 unspecified atom stereocenters. The van der Waals surface area contributed by atoms with E-state index in [4.69, 9.17) is 0 Å². The van der Waals surface area contributed by atoms with E-state index in [2.05, 4.69) is 26.7 Å². The van der Waals surface area contributed by atoms with Gasteiger partial charge in [0.05, 0.1) is 6.33 Å². The van der Waals surface area contributed by atoms with E-state index >= 15 is 0 Å². The molecule has 1 aliphatic rings. The van der Waals surface area contributed by atoms with Gasteiger partial charge >= 0.3 is 0 Å². The van der Waals surface area contributed by atoms with Gasteiger partial charge in [0, 0.05) is 38.1 Å². The van der Waals surface area contributed by atoms with E-state index in [1.54, 1.807) is 0 Å². The zero-order valence-electron chi connectivity index (χ0n) is 10.8. The summed E-state index contributed by atoms with van der Waals surface area (Å²) in [6.45, 7) is 8.03. The Bertz CT molecular complexity index is 290. The molecule has 1 aliphatic heterocycles. The Morgan fingerprint density at radius 2 is 2.41 bits per heavy atom. The average molecular weight is 236 g/mol. The lowest BCUT2D eigenvalue weighted by atomic mass is 10.2. The van der Waals surface area contributed by atoms with E-state index in [0.29, 0.717) is 6.04 Å². The molecule has 0 saturated carbocycles. The Morgan fingerprint density at radius 3 is 3.06 bits per heavy atom. The molecule has 2 heterocycles. The lowest BCUT2D eigenvalue weighted by molar-refractivity contribution is 0.240. The Kier molecular flexibility index (Phi) is 5.01. The van der Waals surface area contributed by atoms with Gasteiger partial charge in [0.2, 0.25) is 0 Å². The minimum Gasteiger partial charge on any atom is -0.336 e. The van der Waals surface area contributed by atoms with Crippen molar-refractivity contribution in [3.8, 4) is 0 Å². The fourth-order valence-electron chi connectivity index (χ4n) is 2.51. The number of nitrogens with zero attached hydrogens (tertiary/aromatic N) is 3. The summed E-state index contributed by atoms with van der Waals surface area (Å²) in [5.41, 5.74) is 0. The van der Waals surface area contributed by atoms with Gasteiger partial charge in [0.1, 0.15) is 0 Å². The van der Waals surface area contributed by atoms with Crippen molar-refractivity contribution in [3.63, 3.8) is 0 Å². The van der Waals surface area contributed by atoms with Gasteiger partial charge in [-0.15, -0.1) is 0 Å². The molecule has 1 N–H and O–H groups in total. The monoisotopic (exact) mass is 236 g/mol. The lowest BCUT2D eigenvalue weighted by Crippen LogP contribution is -2.39. The van der Waals surface area contributed by atoms with E-state index in [9.17, 15) is 0 Å². The second-order valence-corrected chi connectivity index (χ2v) is 4.89. The number of nitrogens with one attached hydrogen (secondary N) is 1. The van der Waals surface area contributed by atoms with Crippen LogP contribution < -0.4 is 5.32 Å². The largest absolute Gasteiger partial charge is 0.336 e. The number of imidazole rings is 1. The molecule has 2 rings (SSSR count). The molecule has 17 heavy (non-hydrogen) atoms. The van der Waals surface area contributed by atoms with Crippen LogP contribution in [-0.2, 0) is 6.54 Å². The quantitative estimate of drug-likeness (QED) is 0.776. The molecule has 0 aliphatic carbocycles. The fraction of sp³-hybridized carbons (Fsp3) is 0.769. The summed E-state index contributed by atoms with van der Waals surface area (Å²) >= 11 is 0. The Morgan fingerprint density at radius 1 is 1.47 bits per heavy atom. The lowest BCUT2D eigenvalue weighted by Gasteiger charge is -2.25. The van der Waals surface area contributed by atoms with Gasteiger partial charge < -0.3 is 14.8 Å². The van der Waals surface area contributed by atoms with Gasteiger partial charge in [-0.1, -0.05) is 6.92 Å². The van der Waals surface area contributed by atoms with Crippen molar-refractivity contribution >= 4 is 0 Å². The smallest absolute Gasteiger partial charge is 0.0946 e. The van der Waals surface area contributed by atoms with Crippen LogP contribution >= 0.6 is 0 Å². The predicted molar refractivity (Wildman–Crippen MR) is 70.0 cm³/mol. The first-order valence-corrected chi connectivity index (χ1v) is 6.80. The predicted octanol–water partition coefficient (Wildman–Crippen LogP) is 1.35. The maximum Gasteiger partial charge on any atom is 0.0946 e. The molecule has 0 amide bonds. The van der Waals surface area contributed by atoms with E-state index in [-0.39, 0.29) is 0 Å². The first-order chi connectivity index (χ1) is 8.38. The van der Waals surface area contributed by atoms with Crippen LogP contribution in [0.15, 0.2) is 18.7 Å². The second kappa shape index (κ2) is 6.77. The van der Waals surface area contributed by atoms with Crippen LogP contribution in [0.5, 0.6) is 0 Å². The van der Waals surface area contributed by atoms with Crippen molar-refractivity contribution in [3.05, 3.63) is 18.7 Å². The SMILES string of the molecule is CCCN(CCn1ccnc1)CC1CCCN1. The zero-order chi connectivity index (χ0) is 11.9. The molecule has 4 heteroatoms. The normalized spacial score (nSPS) is 20.2. The van der Waals surface area contributed by atoms with Crippen LogP contribution in [0.1, 0.15) is 26.2 Å². The van der Waals surface area contributed by atoms with Crippen molar-refractivity contribution in [1.29, 1.82) is 0 Å². The topological polar surface area (TPSA) is 33.1 Å². The minimum absolute atomic E-state index is 0.712. The third-order valence-electron chi connectivity index (χ3n) is 3.41. The van der Waals surface area contributed by atoms with Crippen LogP contribution in [0.4, 0.5) is 0 Å². The number of rotatable bonds is 7. The summed E-state index contributed by atoms with van der Waals surface area (Å²) in [5.74, 6) is 0. The van der Waals surface area contributed by atoms with Crippen LogP contribution in [0, 0.1) is 0 Å². The molecule has 4 nitrogen and oxygen atoms in total. The Balaban J connectivity index is 1.75. The highest BCUT2D eigenvalue weighted by atomic mass is 15.2. The molecule has 0 aromatic carbocycles. The maximum absolute atomic E-state index is 4.08. The van der Waals surface area contributed by atoms with Crippen LogP contribution in [0.2, 0.25) is 0 Å². The van der Waals surface area contributed by atoms with E-state index < -0.39 is 0 Å². The molecule has 0 radical (unpaired) electrons. The maximum atomic E-state index is 4.08. The van der Waals surface area contributed by atoms with Crippen molar-refractivity contribution in [2.75, 3.05) is 26.2 Å². The van der Waals surface area contributed by atoms with Crippen molar-refractivity contribution < 1.29 is 0 Å². The van der Waals surface area contributed by atoms with Gasteiger partial charge in [0.25, 0.3) is 0 Å². The van der Waals surface area contributed by atoms with Crippen LogP contribution in [-0.4, -0.2) is 46.7 Å². The molecule has 1 saturated heterocycles. The molecule has 96 valence electrons. The van der Waals surface area contributed by atoms with Crippen molar-refractivity contribution in [2.24, 2.45) is 0 Å². The fourth-order valence-corrected chi connectivity index (χ4v) is 2.51. The third kappa shape index (κ3) is 4.13. The first-order valence-electron chi connectivity index (χ1n) is 6.80. The summed E-state index contributed by atoms with van der Waals surface area (Å²) in [6.07, 6.45) is 9.70. The summed E-state index contributed by atoms with van der Waals surface area (Å²) in [4.78, 5) is 6.65. The highest BCUT2D eigenvalue weighted by Gasteiger charge is 2.17. The molecule has 1 aromatic heterocycles. The Labute approximate surface area is 104 Å². The molecule has 1 aromatic rings. The Hall–Kier alpha value is -0.870. The van der Waals surface area contributed by atoms with E-state index in [1.165, 1.54) is 38.9 Å². The minimum atomic E-state index is 0.712. The summed E-state index contributed by atoms with van der Waals surface area (Å²) in [7, 11) is 0. The zero-order valence-corrected chi connectivity index (χ0v) is 10.8. The number of aromatic nitrogens is 2. The molecule has 1 fully saturated rings. The molecule has 0 bridgehead atoms. The molecule has 0 spiro atoms. The van der Waals surface area contributed by atoms with Crippen LogP contribution in [0.25, 0.3) is 0 Å². The van der Waals surface area contributed by atoms with Crippen molar-refractivity contribution in [1.82, 2.24) is 19.8 Å². The van der Waals surface area contributed by atoms with Gasteiger partial charge in [0.15, 0.2) is 0 Å². The number of hydrogen-bond acceptors (Lipinski definition) is 3. The van der Waals surface area contributed by atoms with Crippen LogP contribution in [0.3, 0.4) is 0 Å². The van der Waals surface area contributed by atoms with E-state index in [0.717, 1.165) is 13.1 Å². The summed E-state index contributed by atoms with van der Waals surface area (Å²) in [6, 6.07) is 0.712. The first kappa shape index (κ1) is 12.6. The summed E-state index contributed by atoms with van der Waals surface area (Å²) < 4.78 is 2.16. The van der Waals surface area contributed by atoms with Gasteiger partial charge in [-0.25, -0.2) is 4.98 Å².